The highest BCUT2D eigenvalue weighted by Gasteiger charge is 2.41. The molecule has 12 heavy (non-hydrogen) atoms. The van der Waals surface area contributed by atoms with Crippen LogP contribution in [0.5, 0.6) is 0 Å². The number of thioether (sulfide) groups is 1. The zero-order valence-electron chi connectivity index (χ0n) is 5.40. The van der Waals surface area contributed by atoms with Crippen molar-refractivity contribution in [1.82, 2.24) is 9.36 Å². The summed E-state index contributed by atoms with van der Waals surface area (Å²) in [5.74, 6) is -2.18. The Hall–Kier alpha value is -0.760. The molecule has 4 nitrogen and oxygen atoms in total. The van der Waals surface area contributed by atoms with Crippen molar-refractivity contribution in [2.24, 2.45) is 0 Å². The third-order valence-corrected chi connectivity index (χ3v) is 2.45. The number of aliphatic carboxylic acids is 1. The van der Waals surface area contributed by atoms with Crippen LogP contribution in [0.4, 0.5) is 8.78 Å². The smallest absolute Gasteiger partial charge is 0.395 e. The highest BCUT2D eigenvalue weighted by atomic mass is 32.2. The van der Waals surface area contributed by atoms with Crippen LogP contribution in [-0.4, -0.2) is 25.7 Å². The van der Waals surface area contributed by atoms with E-state index in [1.54, 1.807) is 0 Å². The molecule has 1 N–H and O–H groups in total. The van der Waals surface area contributed by atoms with Crippen molar-refractivity contribution < 1.29 is 18.7 Å². The summed E-state index contributed by atoms with van der Waals surface area (Å²) < 4.78 is 28.2. The lowest BCUT2D eigenvalue weighted by molar-refractivity contribution is -0.152. The van der Waals surface area contributed by atoms with Crippen LogP contribution in [0.15, 0.2) is 10.7 Å². The van der Waals surface area contributed by atoms with Crippen LogP contribution in [0.25, 0.3) is 0 Å². The predicted molar refractivity (Wildman–Crippen MR) is 38.3 cm³/mol. The molecule has 0 aliphatic heterocycles. The fourth-order valence-corrected chi connectivity index (χ4v) is 1.64. The number of carboxylic acid groups (broad SMARTS) is 1. The molecule has 8 heteroatoms. The number of hydrogen-bond donors (Lipinski definition) is 1. The van der Waals surface area contributed by atoms with E-state index in [9.17, 15) is 13.6 Å². The van der Waals surface area contributed by atoms with Crippen molar-refractivity contribution in [1.29, 1.82) is 0 Å². The number of rotatable bonds is 3. The van der Waals surface area contributed by atoms with E-state index < -0.39 is 11.2 Å². The van der Waals surface area contributed by atoms with Gasteiger partial charge >= 0.3 is 11.2 Å². The average Bonchev–Trinajstić information content (AvgIpc) is 2.38. The highest BCUT2D eigenvalue weighted by molar-refractivity contribution is 8.02. The van der Waals surface area contributed by atoms with E-state index in [4.69, 9.17) is 5.11 Å². The number of aromatic nitrogens is 2. The molecular weight excluding hydrogens is 210 g/mol. The van der Waals surface area contributed by atoms with Crippen LogP contribution in [0, 0.1) is 0 Å². The molecule has 0 saturated heterocycles. The summed E-state index contributed by atoms with van der Waals surface area (Å²) in [4.78, 5) is 13.3. The largest absolute Gasteiger partial charge is 0.476 e. The summed E-state index contributed by atoms with van der Waals surface area (Å²) in [7, 11) is 0. The second-order valence-electron chi connectivity index (χ2n) is 1.63. The van der Waals surface area contributed by atoms with E-state index in [1.165, 1.54) is 0 Å². The molecule has 0 unspecified atom stereocenters. The predicted octanol–water partition coefficient (Wildman–Crippen LogP) is 1.31. The van der Waals surface area contributed by atoms with Crippen molar-refractivity contribution in [3.63, 3.8) is 0 Å². The van der Waals surface area contributed by atoms with Gasteiger partial charge in [0.2, 0.25) is 0 Å². The monoisotopic (exact) mass is 212 g/mol. The molecule has 0 aromatic carbocycles. The maximum atomic E-state index is 12.4. The standard InChI is InChI=1S/C4H2F2N2O2S2/c5-4(6,2(9)10)11-3-7-1-8-12-3/h1H,(H,9,10). The van der Waals surface area contributed by atoms with Crippen LogP contribution in [0.3, 0.4) is 0 Å². The Morgan fingerprint density at radius 1 is 1.75 bits per heavy atom. The summed E-state index contributed by atoms with van der Waals surface area (Å²) in [5.41, 5.74) is 0. The fourth-order valence-electron chi connectivity index (χ4n) is 0.361. The first kappa shape index (κ1) is 9.33. The molecule has 0 spiro atoms. The third kappa shape index (κ3) is 2.11. The topological polar surface area (TPSA) is 63.1 Å². The quantitative estimate of drug-likeness (QED) is 0.765. The molecule has 1 aromatic heterocycles. The van der Waals surface area contributed by atoms with E-state index in [1.807, 2.05) is 0 Å². The first-order chi connectivity index (χ1) is 5.52. The Labute approximate surface area is 73.8 Å². The molecule has 0 saturated carbocycles. The van der Waals surface area contributed by atoms with Gasteiger partial charge in [-0.25, -0.2) is 9.78 Å². The van der Waals surface area contributed by atoms with Gasteiger partial charge in [0.05, 0.1) is 0 Å². The second-order valence-corrected chi connectivity index (χ2v) is 3.77. The molecule has 0 aliphatic carbocycles. The summed E-state index contributed by atoms with van der Waals surface area (Å²) in [6.45, 7) is 0. The molecule has 0 amide bonds. The van der Waals surface area contributed by atoms with Crippen LogP contribution in [0.1, 0.15) is 0 Å². The number of hydrogen-bond acceptors (Lipinski definition) is 5. The van der Waals surface area contributed by atoms with Crippen molar-refractivity contribution in [3.8, 4) is 0 Å². The molecule has 1 aromatic rings. The van der Waals surface area contributed by atoms with Crippen LogP contribution in [0.2, 0.25) is 0 Å². The molecule has 0 atom stereocenters. The summed E-state index contributed by atoms with van der Waals surface area (Å²) in [6.07, 6.45) is 1.09. The van der Waals surface area contributed by atoms with Crippen molar-refractivity contribution in [2.45, 2.75) is 9.59 Å². The average molecular weight is 212 g/mol. The number of carboxylic acids is 1. The van der Waals surface area contributed by atoms with Gasteiger partial charge in [0.15, 0.2) is 4.34 Å². The van der Waals surface area contributed by atoms with Crippen molar-refractivity contribution in [2.75, 3.05) is 0 Å². The molecule has 0 radical (unpaired) electrons. The van der Waals surface area contributed by atoms with E-state index in [-0.39, 0.29) is 16.1 Å². The molecular formula is C4H2F2N2O2S2. The van der Waals surface area contributed by atoms with Gasteiger partial charge in [-0.15, -0.1) is 0 Å². The summed E-state index contributed by atoms with van der Waals surface area (Å²) >= 11 is 0.598. The van der Waals surface area contributed by atoms with E-state index in [0.717, 1.165) is 17.9 Å². The van der Waals surface area contributed by atoms with Crippen LogP contribution in [-0.2, 0) is 4.79 Å². The third-order valence-electron chi connectivity index (χ3n) is 0.806. The Morgan fingerprint density at radius 3 is 2.83 bits per heavy atom. The normalized spacial score (nSPS) is 11.5. The minimum atomic E-state index is -3.83. The lowest BCUT2D eigenvalue weighted by atomic mass is 10.7. The lowest BCUT2D eigenvalue weighted by Crippen LogP contribution is -2.23. The fraction of sp³-hybridized carbons (Fsp3) is 0.250. The van der Waals surface area contributed by atoms with E-state index >= 15 is 0 Å². The van der Waals surface area contributed by atoms with E-state index in [2.05, 4.69) is 9.36 Å². The molecule has 1 heterocycles. The van der Waals surface area contributed by atoms with E-state index in [0.29, 0.717) is 0 Å². The second kappa shape index (κ2) is 3.31. The number of alkyl halides is 2. The zero-order valence-corrected chi connectivity index (χ0v) is 7.03. The Bertz CT molecular complexity index is 277. The van der Waals surface area contributed by atoms with Gasteiger partial charge < -0.3 is 5.11 Å². The maximum Gasteiger partial charge on any atom is 0.395 e. The number of halogens is 2. The van der Waals surface area contributed by atoms with Crippen LogP contribution >= 0.6 is 23.3 Å². The summed E-state index contributed by atoms with van der Waals surface area (Å²) in [5, 5.41) is 4.19. The molecule has 0 fully saturated rings. The van der Waals surface area contributed by atoms with Gasteiger partial charge in [0.25, 0.3) is 0 Å². The maximum absolute atomic E-state index is 12.4. The number of nitrogens with zero attached hydrogens (tertiary/aromatic N) is 2. The molecule has 1 rings (SSSR count). The zero-order chi connectivity index (χ0) is 9.19. The molecule has 0 aliphatic rings. The van der Waals surface area contributed by atoms with Gasteiger partial charge in [0, 0.05) is 0 Å². The van der Waals surface area contributed by atoms with Crippen molar-refractivity contribution in [3.05, 3.63) is 6.33 Å². The minimum absolute atomic E-state index is 0.0672. The van der Waals surface area contributed by atoms with Gasteiger partial charge in [-0.2, -0.15) is 13.2 Å². The lowest BCUT2D eigenvalue weighted by Gasteiger charge is -2.06. The highest BCUT2D eigenvalue weighted by Crippen LogP contribution is 2.36. The minimum Gasteiger partial charge on any atom is -0.476 e. The SMILES string of the molecule is O=C(O)C(F)(F)Sc1ncns1. The van der Waals surface area contributed by atoms with Gasteiger partial charge in [-0.3, -0.25) is 0 Å². The molecule has 66 valence electrons. The van der Waals surface area contributed by atoms with Crippen LogP contribution < -0.4 is 0 Å². The van der Waals surface area contributed by atoms with Gasteiger partial charge in [-0.05, 0) is 23.3 Å². The molecule has 0 bridgehead atoms. The Balaban J connectivity index is 2.69. The Kier molecular flexibility index (Phi) is 2.58. The Morgan fingerprint density at radius 2 is 2.42 bits per heavy atom. The first-order valence-corrected chi connectivity index (χ1v) is 4.18. The summed E-state index contributed by atoms with van der Waals surface area (Å²) in [6, 6.07) is 0. The van der Waals surface area contributed by atoms with Gasteiger partial charge in [-0.1, -0.05) is 0 Å². The van der Waals surface area contributed by atoms with Crippen molar-refractivity contribution >= 4 is 29.3 Å². The van der Waals surface area contributed by atoms with Gasteiger partial charge in [0.1, 0.15) is 6.33 Å². The first-order valence-electron chi connectivity index (χ1n) is 2.59. The number of carbonyl (C=O) groups is 1.